The third-order valence-corrected chi connectivity index (χ3v) is 4.28. The zero-order valence-corrected chi connectivity index (χ0v) is 13.6. The van der Waals surface area contributed by atoms with Crippen molar-refractivity contribution in [3.05, 3.63) is 93.6 Å². The summed E-state index contributed by atoms with van der Waals surface area (Å²) in [6.07, 6.45) is 0.694. The lowest BCUT2D eigenvalue weighted by atomic mass is 9.88. The fraction of sp³-hybridized carbons (Fsp3) is 0.200. The molecule has 4 nitrogen and oxygen atoms in total. The van der Waals surface area contributed by atoms with Gasteiger partial charge in [0.15, 0.2) is 0 Å². The Hall–Kier alpha value is -2.88. The van der Waals surface area contributed by atoms with Crippen molar-refractivity contribution in [1.29, 1.82) is 0 Å². The van der Waals surface area contributed by atoms with Gasteiger partial charge in [0.1, 0.15) is 5.76 Å². The minimum absolute atomic E-state index is 0.107. The van der Waals surface area contributed by atoms with E-state index in [1.54, 1.807) is 12.1 Å². The minimum Gasteiger partial charge on any atom is -0.492 e. The molecule has 1 unspecified atom stereocenters. The highest BCUT2D eigenvalue weighted by Gasteiger charge is 2.28. The molecule has 0 saturated heterocycles. The maximum atomic E-state index is 10.8. The standard InChI is InChI=1S/C20H19NO3/c1-14(2)19-13-24-20(16-6-4-3-5-7-16)18(19)12-15-8-10-17(11-9-15)21(22)23/h3-11,19H,1,12-13H2,2H3. The van der Waals surface area contributed by atoms with E-state index < -0.39 is 0 Å². The van der Waals surface area contributed by atoms with Crippen molar-refractivity contribution in [2.75, 3.05) is 6.61 Å². The molecule has 3 rings (SSSR count). The summed E-state index contributed by atoms with van der Waals surface area (Å²) >= 11 is 0. The second kappa shape index (κ2) is 6.71. The van der Waals surface area contributed by atoms with Gasteiger partial charge in [-0.2, -0.15) is 0 Å². The summed E-state index contributed by atoms with van der Waals surface area (Å²) in [4.78, 5) is 10.4. The van der Waals surface area contributed by atoms with Crippen molar-refractivity contribution in [1.82, 2.24) is 0 Å². The van der Waals surface area contributed by atoms with Crippen LogP contribution in [0.15, 0.2) is 72.3 Å². The number of hydrogen-bond donors (Lipinski definition) is 0. The lowest BCUT2D eigenvalue weighted by Gasteiger charge is -2.13. The van der Waals surface area contributed by atoms with Gasteiger partial charge < -0.3 is 4.74 Å². The summed E-state index contributed by atoms with van der Waals surface area (Å²) < 4.78 is 5.97. The van der Waals surface area contributed by atoms with E-state index in [0.717, 1.165) is 22.5 Å². The van der Waals surface area contributed by atoms with Gasteiger partial charge in [0.2, 0.25) is 0 Å². The molecule has 0 aliphatic carbocycles. The molecule has 24 heavy (non-hydrogen) atoms. The molecule has 0 radical (unpaired) electrons. The van der Waals surface area contributed by atoms with Gasteiger partial charge >= 0.3 is 0 Å². The van der Waals surface area contributed by atoms with Crippen LogP contribution in [0.5, 0.6) is 0 Å². The Kier molecular flexibility index (Phi) is 4.47. The van der Waals surface area contributed by atoms with Crippen LogP contribution < -0.4 is 0 Å². The smallest absolute Gasteiger partial charge is 0.269 e. The largest absolute Gasteiger partial charge is 0.492 e. The van der Waals surface area contributed by atoms with Crippen molar-refractivity contribution in [2.24, 2.45) is 5.92 Å². The molecule has 0 bridgehead atoms. The first-order valence-electron chi connectivity index (χ1n) is 7.86. The molecule has 1 heterocycles. The van der Waals surface area contributed by atoms with Crippen LogP contribution >= 0.6 is 0 Å². The van der Waals surface area contributed by atoms with Crippen LogP contribution in [0.3, 0.4) is 0 Å². The van der Waals surface area contributed by atoms with Gasteiger partial charge in [-0.3, -0.25) is 10.1 Å². The fourth-order valence-electron chi connectivity index (χ4n) is 2.98. The molecule has 122 valence electrons. The predicted octanol–water partition coefficient (Wildman–Crippen LogP) is 4.77. The van der Waals surface area contributed by atoms with Crippen LogP contribution in [0.4, 0.5) is 5.69 Å². The zero-order valence-electron chi connectivity index (χ0n) is 13.6. The topological polar surface area (TPSA) is 52.4 Å². The van der Waals surface area contributed by atoms with Crippen LogP contribution in [-0.2, 0) is 11.2 Å². The molecule has 0 amide bonds. The first-order valence-corrected chi connectivity index (χ1v) is 7.86. The predicted molar refractivity (Wildman–Crippen MR) is 94.4 cm³/mol. The van der Waals surface area contributed by atoms with Gasteiger partial charge in [0, 0.05) is 23.6 Å². The van der Waals surface area contributed by atoms with Gasteiger partial charge in [-0.25, -0.2) is 0 Å². The van der Waals surface area contributed by atoms with Gasteiger partial charge in [0.25, 0.3) is 5.69 Å². The highest BCUT2D eigenvalue weighted by Crippen LogP contribution is 2.37. The number of nitro benzene ring substituents is 1. The summed E-state index contributed by atoms with van der Waals surface area (Å²) in [5, 5.41) is 10.8. The first-order chi connectivity index (χ1) is 11.6. The Labute approximate surface area is 141 Å². The Morgan fingerprint density at radius 2 is 1.88 bits per heavy atom. The average molecular weight is 321 g/mol. The van der Waals surface area contributed by atoms with Crippen LogP contribution in [0, 0.1) is 16.0 Å². The van der Waals surface area contributed by atoms with Gasteiger partial charge in [-0.15, -0.1) is 0 Å². The number of nitro groups is 1. The lowest BCUT2D eigenvalue weighted by molar-refractivity contribution is -0.384. The molecule has 1 atom stereocenters. The van der Waals surface area contributed by atoms with Gasteiger partial charge in [-0.1, -0.05) is 54.6 Å². The van der Waals surface area contributed by atoms with E-state index in [1.807, 2.05) is 49.4 Å². The normalized spacial score (nSPS) is 16.8. The minimum atomic E-state index is -0.381. The average Bonchev–Trinajstić information content (AvgIpc) is 3.00. The third kappa shape index (κ3) is 3.23. The molecule has 0 aromatic heterocycles. The van der Waals surface area contributed by atoms with Crippen LogP contribution in [0.25, 0.3) is 5.76 Å². The molecule has 2 aromatic rings. The van der Waals surface area contributed by atoms with Crippen molar-refractivity contribution in [3.8, 4) is 0 Å². The molecular formula is C20H19NO3. The highest BCUT2D eigenvalue weighted by atomic mass is 16.6. The Balaban J connectivity index is 1.96. The number of benzene rings is 2. The SMILES string of the molecule is C=C(C)C1COC(c2ccccc2)=C1Cc1ccc([N+](=O)[O-])cc1. The molecule has 0 saturated carbocycles. The molecule has 2 aromatic carbocycles. The van der Waals surface area contributed by atoms with E-state index in [0.29, 0.717) is 13.0 Å². The maximum Gasteiger partial charge on any atom is 0.269 e. The zero-order chi connectivity index (χ0) is 17.1. The van der Waals surface area contributed by atoms with Gasteiger partial charge in [0.05, 0.1) is 11.5 Å². The second-order valence-corrected chi connectivity index (χ2v) is 6.03. The molecule has 1 aliphatic rings. The van der Waals surface area contributed by atoms with E-state index in [4.69, 9.17) is 4.74 Å². The van der Waals surface area contributed by atoms with E-state index in [1.165, 1.54) is 5.57 Å². The second-order valence-electron chi connectivity index (χ2n) is 6.03. The number of nitrogens with zero attached hydrogens (tertiary/aromatic N) is 1. The number of ether oxygens (including phenoxy) is 1. The maximum absolute atomic E-state index is 10.8. The van der Waals surface area contributed by atoms with Crippen molar-refractivity contribution in [2.45, 2.75) is 13.3 Å². The summed E-state index contributed by atoms with van der Waals surface area (Å²) in [6, 6.07) is 16.7. The summed E-state index contributed by atoms with van der Waals surface area (Å²) in [6.45, 7) is 6.70. The first kappa shape index (κ1) is 16.0. The van der Waals surface area contributed by atoms with Crippen molar-refractivity contribution >= 4 is 11.4 Å². The summed E-state index contributed by atoms with van der Waals surface area (Å²) in [5.41, 5.74) is 4.44. The molecule has 1 aliphatic heterocycles. The van der Waals surface area contributed by atoms with Crippen LogP contribution in [0.2, 0.25) is 0 Å². The van der Waals surface area contributed by atoms with Crippen molar-refractivity contribution in [3.63, 3.8) is 0 Å². The number of rotatable bonds is 5. The molecule has 0 spiro atoms. The Morgan fingerprint density at radius 1 is 1.21 bits per heavy atom. The monoisotopic (exact) mass is 321 g/mol. The number of non-ortho nitro benzene ring substituents is 1. The highest BCUT2D eigenvalue weighted by molar-refractivity contribution is 5.67. The molecule has 0 fully saturated rings. The van der Waals surface area contributed by atoms with E-state index >= 15 is 0 Å². The Bertz CT molecular complexity index is 791. The van der Waals surface area contributed by atoms with Crippen LogP contribution in [0.1, 0.15) is 18.1 Å². The third-order valence-electron chi connectivity index (χ3n) is 4.28. The Morgan fingerprint density at radius 3 is 2.46 bits per heavy atom. The van der Waals surface area contributed by atoms with Gasteiger partial charge in [-0.05, 0) is 24.5 Å². The summed E-state index contributed by atoms with van der Waals surface area (Å²) in [7, 11) is 0. The number of hydrogen-bond acceptors (Lipinski definition) is 3. The fourth-order valence-corrected chi connectivity index (χ4v) is 2.98. The van der Waals surface area contributed by atoms with E-state index in [9.17, 15) is 10.1 Å². The van der Waals surface area contributed by atoms with E-state index in [2.05, 4.69) is 6.58 Å². The van der Waals surface area contributed by atoms with Crippen LogP contribution in [-0.4, -0.2) is 11.5 Å². The molecular weight excluding hydrogens is 302 g/mol. The van der Waals surface area contributed by atoms with Crippen molar-refractivity contribution < 1.29 is 9.66 Å². The van der Waals surface area contributed by atoms with E-state index in [-0.39, 0.29) is 16.5 Å². The molecule has 0 N–H and O–H groups in total. The molecule has 4 heteroatoms. The lowest BCUT2D eigenvalue weighted by Crippen LogP contribution is -2.07. The quantitative estimate of drug-likeness (QED) is 0.453. The summed E-state index contributed by atoms with van der Waals surface area (Å²) in [5.74, 6) is 1.08.